The number of rotatable bonds is 3. The molecular weight excluding hydrogens is 314 g/mol. The SMILES string of the molecule is CC1=C(c2ccccc2)CC(c2ccccc2)=NC=C1c1ccccc1. The lowest BCUT2D eigenvalue weighted by Crippen LogP contribution is -2.02. The van der Waals surface area contributed by atoms with E-state index in [4.69, 9.17) is 4.99 Å². The smallest absolute Gasteiger partial charge is 0.0520 e. The van der Waals surface area contributed by atoms with Gasteiger partial charge in [-0.15, -0.1) is 0 Å². The van der Waals surface area contributed by atoms with Gasteiger partial charge < -0.3 is 0 Å². The maximum Gasteiger partial charge on any atom is 0.0520 e. The second kappa shape index (κ2) is 7.37. The van der Waals surface area contributed by atoms with Gasteiger partial charge in [0.25, 0.3) is 0 Å². The summed E-state index contributed by atoms with van der Waals surface area (Å²) in [7, 11) is 0. The molecule has 0 atom stereocenters. The fourth-order valence-electron chi connectivity index (χ4n) is 3.42. The summed E-state index contributed by atoms with van der Waals surface area (Å²) in [5.41, 5.74) is 8.57. The summed E-state index contributed by atoms with van der Waals surface area (Å²) in [5.74, 6) is 0. The van der Waals surface area contributed by atoms with Crippen LogP contribution in [0.3, 0.4) is 0 Å². The van der Waals surface area contributed by atoms with E-state index in [2.05, 4.69) is 91.9 Å². The van der Waals surface area contributed by atoms with Gasteiger partial charge in [0.2, 0.25) is 0 Å². The van der Waals surface area contributed by atoms with Crippen LogP contribution in [-0.2, 0) is 0 Å². The van der Waals surface area contributed by atoms with Crippen molar-refractivity contribution in [3.8, 4) is 0 Å². The molecule has 1 heteroatoms. The zero-order chi connectivity index (χ0) is 17.8. The van der Waals surface area contributed by atoms with Crippen LogP contribution in [0.25, 0.3) is 11.1 Å². The van der Waals surface area contributed by atoms with Gasteiger partial charge in [-0.3, -0.25) is 4.99 Å². The molecule has 0 spiro atoms. The lowest BCUT2D eigenvalue weighted by molar-refractivity contribution is 1.38. The molecule has 26 heavy (non-hydrogen) atoms. The van der Waals surface area contributed by atoms with Crippen LogP contribution in [0.4, 0.5) is 0 Å². The minimum Gasteiger partial charge on any atom is -0.260 e. The summed E-state index contributed by atoms with van der Waals surface area (Å²) < 4.78 is 0. The van der Waals surface area contributed by atoms with Gasteiger partial charge in [-0.25, -0.2) is 0 Å². The molecule has 1 heterocycles. The molecule has 1 aliphatic heterocycles. The molecule has 0 aliphatic carbocycles. The molecule has 3 aromatic carbocycles. The summed E-state index contributed by atoms with van der Waals surface area (Å²) in [6.07, 6.45) is 2.86. The first-order valence-corrected chi connectivity index (χ1v) is 8.96. The van der Waals surface area contributed by atoms with Crippen molar-refractivity contribution in [1.29, 1.82) is 0 Å². The number of benzene rings is 3. The molecule has 3 aromatic rings. The van der Waals surface area contributed by atoms with E-state index in [9.17, 15) is 0 Å². The average Bonchev–Trinajstić information content (AvgIpc) is 2.89. The van der Waals surface area contributed by atoms with Crippen molar-refractivity contribution >= 4 is 16.9 Å². The third-order valence-electron chi connectivity index (χ3n) is 4.86. The molecule has 0 saturated heterocycles. The Bertz CT molecular complexity index is 935. The summed E-state index contributed by atoms with van der Waals surface area (Å²) in [5, 5.41) is 0. The molecule has 4 rings (SSSR count). The van der Waals surface area contributed by atoms with Gasteiger partial charge in [0, 0.05) is 18.2 Å². The molecular formula is C25H21N. The molecule has 0 amide bonds. The summed E-state index contributed by atoms with van der Waals surface area (Å²) in [4.78, 5) is 4.89. The molecule has 0 aromatic heterocycles. The number of hydrogen-bond donors (Lipinski definition) is 0. The topological polar surface area (TPSA) is 12.4 Å². The number of nitrogens with zero attached hydrogens (tertiary/aromatic N) is 1. The summed E-state index contributed by atoms with van der Waals surface area (Å²) in [6, 6.07) is 31.6. The molecule has 1 nitrogen and oxygen atoms in total. The van der Waals surface area contributed by atoms with Crippen LogP contribution in [0.1, 0.15) is 30.0 Å². The first-order chi connectivity index (χ1) is 12.8. The van der Waals surface area contributed by atoms with Gasteiger partial charge in [0.1, 0.15) is 0 Å². The van der Waals surface area contributed by atoms with Crippen LogP contribution in [0.15, 0.2) is 108 Å². The Morgan fingerprint density at radius 3 is 1.69 bits per heavy atom. The standard InChI is InChI=1S/C25H21N/c1-19-23(20-11-5-2-6-12-20)17-25(22-15-9-4-10-16-22)26-18-24(19)21-13-7-3-8-14-21/h2-16,18H,17H2,1H3. The van der Waals surface area contributed by atoms with E-state index in [0.29, 0.717) is 0 Å². The largest absolute Gasteiger partial charge is 0.260 e. The Morgan fingerprint density at radius 1 is 0.615 bits per heavy atom. The fraction of sp³-hybridized carbons (Fsp3) is 0.0800. The Labute approximate surface area is 155 Å². The quantitative estimate of drug-likeness (QED) is 0.525. The summed E-state index contributed by atoms with van der Waals surface area (Å²) >= 11 is 0. The van der Waals surface area contributed by atoms with Crippen molar-refractivity contribution in [3.05, 3.63) is 119 Å². The Morgan fingerprint density at radius 2 is 1.12 bits per heavy atom. The molecule has 0 bridgehead atoms. The molecule has 0 fully saturated rings. The highest BCUT2D eigenvalue weighted by Crippen LogP contribution is 2.35. The first-order valence-electron chi connectivity index (χ1n) is 8.96. The molecule has 0 unspecified atom stereocenters. The van der Waals surface area contributed by atoms with E-state index < -0.39 is 0 Å². The third-order valence-corrected chi connectivity index (χ3v) is 4.86. The van der Waals surface area contributed by atoms with Gasteiger partial charge in [0.15, 0.2) is 0 Å². The van der Waals surface area contributed by atoms with Crippen LogP contribution >= 0.6 is 0 Å². The number of hydrogen-bond acceptors (Lipinski definition) is 1. The van der Waals surface area contributed by atoms with Crippen LogP contribution < -0.4 is 0 Å². The predicted molar refractivity (Wildman–Crippen MR) is 111 cm³/mol. The van der Waals surface area contributed by atoms with Gasteiger partial charge in [-0.1, -0.05) is 91.0 Å². The Hall–Kier alpha value is -3.19. The Balaban J connectivity index is 1.89. The third kappa shape index (κ3) is 3.29. The van der Waals surface area contributed by atoms with Gasteiger partial charge >= 0.3 is 0 Å². The van der Waals surface area contributed by atoms with Gasteiger partial charge in [-0.05, 0) is 34.8 Å². The van der Waals surface area contributed by atoms with Crippen molar-refractivity contribution < 1.29 is 0 Å². The summed E-state index contributed by atoms with van der Waals surface area (Å²) in [6.45, 7) is 2.21. The monoisotopic (exact) mass is 335 g/mol. The van der Waals surface area contributed by atoms with Crippen molar-refractivity contribution in [3.63, 3.8) is 0 Å². The molecule has 0 N–H and O–H groups in total. The van der Waals surface area contributed by atoms with E-state index in [1.165, 1.54) is 33.4 Å². The number of allylic oxidation sites excluding steroid dienone is 3. The highest BCUT2D eigenvalue weighted by molar-refractivity contribution is 6.09. The lowest BCUT2D eigenvalue weighted by Gasteiger charge is -2.14. The first kappa shape index (κ1) is 16.3. The molecule has 126 valence electrons. The predicted octanol–water partition coefficient (Wildman–Crippen LogP) is 6.39. The molecule has 1 aliphatic rings. The fourth-order valence-corrected chi connectivity index (χ4v) is 3.42. The van der Waals surface area contributed by atoms with Crippen molar-refractivity contribution in [2.24, 2.45) is 4.99 Å². The minimum atomic E-state index is 0.826. The van der Waals surface area contributed by atoms with Crippen molar-refractivity contribution in [2.45, 2.75) is 13.3 Å². The minimum absolute atomic E-state index is 0.826. The average molecular weight is 335 g/mol. The zero-order valence-electron chi connectivity index (χ0n) is 14.9. The van der Waals surface area contributed by atoms with Crippen LogP contribution in [-0.4, -0.2) is 5.71 Å². The van der Waals surface area contributed by atoms with Crippen LogP contribution in [0.5, 0.6) is 0 Å². The zero-order valence-corrected chi connectivity index (χ0v) is 14.9. The highest BCUT2D eigenvalue weighted by Gasteiger charge is 2.17. The van der Waals surface area contributed by atoms with E-state index in [1.54, 1.807) is 0 Å². The van der Waals surface area contributed by atoms with Crippen LogP contribution in [0.2, 0.25) is 0 Å². The van der Waals surface area contributed by atoms with Gasteiger partial charge in [0.05, 0.1) is 5.71 Å². The molecule has 0 saturated carbocycles. The van der Waals surface area contributed by atoms with E-state index in [0.717, 1.165) is 12.1 Å². The second-order valence-electron chi connectivity index (χ2n) is 6.50. The van der Waals surface area contributed by atoms with E-state index in [1.807, 2.05) is 12.3 Å². The Kier molecular flexibility index (Phi) is 4.61. The maximum absolute atomic E-state index is 4.89. The highest BCUT2D eigenvalue weighted by atomic mass is 14.7. The molecule has 0 radical (unpaired) electrons. The van der Waals surface area contributed by atoms with E-state index >= 15 is 0 Å². The van der Waals surface area contributed by atoms with Crippen molar-refractivity contribution in [1.82, 2.24) is 0 Å². The normalized spacial score (nSPS) is 14.5. The second-order valence-corrected chi connectivity index (χ2v) is 6.50. The van der Waals surface area contributed by atoms with Gasteiger partial charge in [-0.2, -0.15) is 0 Å². The lowest BCUT2D eigenvalue weighted by atomic mass is 9.89. The van der Waals surface area contributed by atoms with E-state index in [-0.39, 0.29) is 0 Å². The maximum atomic E-state index is 4.89. The number of aliphatic imine (C=N–C) groups is 1. The van der Waals surface area contributed by atoms with Crippen LogP contribution in [0, 0.1) is 0 Å². The van der Waals surface area contributed by atoms with Crippen molar-refractivity contribution in [2.75, 3.05) is 0 Å².